The van der Waals surface area contributed by atoms with E-state index in [-0.39, 0.29) is 24.8 Å². The molecule has 9 heteroatoms. The second kappa shape index (κ2) is 7.40. The molecule has 2 aromatic rings. The van der Waals surface area contributed by atoms with Crippen LogP contribution < -0.4 is 0 Å². The molecule has 2 atom stereocenters. The minimum atomic E-state index is -0.786. The van der Waals surface area contributed by atoms with Crippen molar-refractivity contribution >= 4 is 17.9 Å². The van der Waals surface area contributed by atoms with E-state index in [1.165, 1.54) is 17.0 Å². The fourth-order valence-electron chi connectivity index (χ4n) is 3.95. The summed E-state index contributed by atoms with van der Waals surface area (Å²) in [5.74, 6) is -0.351. The number of carbonyl (C=O) groups excluding carboxylic acids is 2. The van der Waals surface area contributed by atoms with Gasteiger partial charge < -0.3 is 9.80 Å². The van der Waals surface area contributed by atoms with Gasteiger partial charge in [0, 0.05) is 31.4 Å². The fourth-order valence-corrected chi connectivity index (χ4v) is 3.95. The number of carbonyl (C=O) groups is 2. The van der Waals surface area contributed by atoms with Gasteiger partial charge in [-0.3, -0.25) is 9.69 Å². The second-order valence-corrected chi connectivity index (χ2v) is 7.48. The number of hydrogen-bond donors (Lipinski definition) is 0. The van der Waals surface area contributed by atoms with Crippen molar-refractivity contribution < 1.29 is 14.0 Å². The first-order valence-electron chi connectivity index (χ1n) is 9.64. The Kier molecular flexibility index (Phi) is 4.89. The Morgan fingerprint density at radius 1 is 1.23 bits per heavy atom. The first-order chi connectivity index (χ1) is 14.3. The van der Waals surface area contributed by atoms with E-state index in [4.69, 9.17) is 4.99 Å². The molecule has 2 aliphatic heterocycles. The lowest BCUT2D eigenvalue weighted by Crippen LogP contribution is -2.65. The molecule has 1 saturated heterocycles. The molecule has 1 aromatic carbocycles. The van der Waals surface area contributed by atoms with Gasteiger partial charge in [0.2, 0.25) is 5.96 Å². The monoisotopic (exact) mass is 410 g/mol. The molecular weight excluding hydrogens is 387 g/mol. The number of likely N-dealkylation sites (N-methyl/N-ethyl adjacent to an activating group) is 1. The molecule has 156 valence electrons. The maximum atomic E-state index is 14.5. The fraction of sp³-hybridized carbons (Fsp3) is 0.333. The zero-order valence-corrected chi connectivity index (χ0v) is 17.1. The van der Waals surface area contributed by atoms with Crippen LogP contribution in [0.25, 0.3) is 0 Å². The van der Waals surface area contributed by atoms with Crippen molar-refractivity contribution in [3.05, 3.63) is 65.8 Å². The third kappa shape index (κ3) is 3.06. The highest BCUT2D eigenvalue weighted by atomic mass is 19.1. The number of rotatable bonds is 4. The van der Waals surface area contributed by atoms with Crippen LogP contribution >= 0.6 is 0 Å². The van der Waals surface area contributed by atoms with Gasteiger partial charge in [-0.1, -0.05) is 24.3 Å². The SMILES string of the molecule is C=CCN1C(=O)C2C(N=C(n3nc(C)cc3C)N2Cc2ccccc2F)N(C)C1=O. The van der Waals surface area contributed by atoms with Gasteiger partial charge >= 0.3 is 6.03 Å². The molecule has 4 rings (SSSR count). The first kappa shape index (κ1) is 19.8. The van der Waals surface area contributed by atoms with Crippen LogP contribution in [0.5, 0.6) is 0 Å². The Balaban J connectivity index is 1.81. The molecule has 3 amide bonds. The normalized spacial score (nSPS) is 21.2. The highest BCUT2D eigenvalue weighted by Crippen LogP contribution is 2.30. The molecule has 2 unspecified atom stereocenters. The van der Waals surface area contributed by atoms with Gasteiger partial charge in [0.25, 0.3) is 5.91 Å². The Bertz CT molecular complexity index is 1060. The number of halogens is 1. The van der Waals surface area contributed by atoms with Crippen LogP contribution in [0.4, 0.5) is 9.18 Å². The van der Waals surface area contributed by atoms with Crippen molar-refractivity contribution in [2.75, 3.05) is 13.6 Å². The van der Waals surface area contributed by atoms with Gasteiger partial charge in [0.1, 0.15) is 5.82 Å². The lowest BCUT2D eigenvalue weighted by Gasteiger charge is -2.41. The van der Waals surface area contributed by atoms with Gasteiger partial charge in [-0.25, -0.2) is 18.9 Å². The molecule has 8 nitrogen and oxygen atoms in total. The largest absolute Gasteiger partial charge is 0.328 e. The second-order valence-electron chi connectivity index (χ2n) is 7.48. The summed E-state index contributed by atoms with van der Waals surface area (Å²) in [6.07, 6.45) is 0.778. The maximum Gasteiger partial charge on any atom is 0.328 e. The Morgan fingerprint density at radius 2 is 1.97 bits per heavy atom. The van der Waals surface area contributed by atoms with Crippen LogP contribution in [0.1, 0.15) is 17.0 Å². The summed E-state index contributed by atoms with van der Waals surface area (Å²) in [6, 6.07) is 7.08. The van der Waals surface area contributed by atoms with Gasteiger partial charge in [0.15, 0.2) is 12.2 Å². The smallest absolute Gasteiger partial charge is 0.321 e. The molecule has 30 heavy (non-hydrogen) atoms. The summed E-state index contributed by atoms with van der Waals surface area (Å²) in [5, 5.41) is 4.49. The standard InChI is InChI=1S/C21H23FN6O2/c1-5-10-26-19(29)17-18(25(4)21(26)30)23-20(28-14(3)11-13(2)24-28)27(17)12-15-8-6-7-9-16(15)22/h5-9,11,17-18H,1,10,12H2,2-4H3. The molecule has 0 N–H and O–H groups in total. The predicted octanol–water partition coefficient (Wildman–Crippen LogP) is 2.13. The summed E-state index contributed by atoms with van der Waals surface area (Å²) in [7, 11) is 1.61. The molecule has 1 fully saturated rings. The Hall–Kier alpha value is -3.49. The minimum Gasteiger partial charge on any atom is -0.321 e. The summed E-state index contributed by atoms with van der Waals surface area (Å²) < 4.78 is 16.1. The number of urea groups is 1. The lowest BCUT2D eigenvalue weighted by molar-refractivity contribution is -0.137. The van der Waals surface area contributed by atoms with Gasteiger partial charge in [-0.15, -0.1) is 6.58 Å². The van der Waals surface area contributed by atoms with Crippen LogP contribution in [-0.4, -0.2) is 68.2 Å². The van der Waals surface area contributed by atoms with E-state index in [9.17, 15) is 14.0 Å². The molecule has 0 bridgehead atoms. The van der Waals surface area contributed by atoms with Crippen molar-refractivity contribution in [2.45, 2.75) is 32.6 Å². The molecule has 0 saturated carbocycles. The average Bonchev–Trinajstić information content (AvgIpc) is 3.24. The van der Waals surface area contributed by atoms with Crippen molar-refractivity contribution in [1.82, 2.24) is 24.5 Å². The number of aromatic nitrogens is 2. The predicted molar refractivity (Wildman–Crippen MR) is 109 cm³/mol. The van der Waals surface area contributed by atoms with E-state index in [0.717, 1.165) is 16.3 Å². The molecular formula is C21H23FN6O2. The lowest BCUT2D eigenvalue weighted by atomic mass is 10.1. The summed E-state index contributed by atoms with van der Waals surface area (Å²) in [4.78, 5) is 35.0. The van der Waals surface area contributed by atoms with E-state index >= 15 is 0 Å². The number of hydrogen-bond acceptors (Lipinski definition) is 5. The number of nitrogens with zero attached hydrogens (tertiary/aromatic N) is 6. The minimum absolute atomic E-state index is 0.0913. The highest BCUT2D eigenvalue weighted by Gasteiger charge is 2.52. The Labute approximate surface area is 173 Å². The van der Waals surface area contributed by atoms with E-state index < -0.39 is 18.2 Å². The molecule has 2 aliphatic rings. The van der Waals surface area contributed by atoms with Crippen molar-refractivity contribution in [3.8, 4) is 0 Å². The van der Waals surface area contributed by atoms with Gasteiger partial charge in [-0.05, 0) is 26.0 Å². The van der Waals surface area contributed by atoms with Crippen molar-refractivity contribution in [1.29, 1.82) is 0 Å². The van der Waals surface area contributed by atoms with Crippen LogP contribution in [0.2, 0.25) is 0 Å². The molecule has 0 aliphatic carbocycles. The third-order valence-corrected chi connectivity index (χ3v) is 5.38. The van der Waals surface area contributed by atoms with E-state index in [2.05, 4.69) is 11.7 Å². The van der Waals surface area contributed by atoms with Crippen LogP contribution in [0.15, 0.2) is 48.0 Å². The number of imide groups is 1. The summed E-state index contributed by atoms with van der Waals surface area (Å²) in [5.41, 5.74) is 2.04. The first-order valence-corrected chi connectivity index (χ1v) is 9.64. The van der Waals surface area contributed by atoms with Crippen molar-refractivity contribution in [2.24, 2.45) is 4.99 Å². The zero-order chi connectivity index (χ0) is 21.6. The Morgan fingerprint density at radius 3 is 2.60 bits per heavy atom. The van der Waals surface area contributed by atoms with Gasteiger partial charge in [0.05, 0.1) is 5.69 Å². The van der Waals surface area contributed by atoms with Crippen molar-refractivity contribution in [3.63, 3.8) is 0 Å². The summed E-state index contributed by atoms with van der Waals surface area (Å²) in [6.45, 7) is 7.58. The highest BCUT2D eigenvalue weighted by molar-refractivity contribution is 6.04. The number of aryl methyl sites for hydroxylation is 2. The molecule has 0 radical (unpaired) electrons. The molecule has 0 spiro atoms. The number of aliphatic imine (C=N–C) groups is 1. The topological polar surface area (TPSA) is 74.0 Å². The summed E-state index contributed by atoms with van der Waals surface area (Å²) >= 11 is 0. The van der Waals surface area contributed by atoms with Gasteiger partial charge in [-0.2, -0.15) is 5.10 Å². The van der Waals surface area contributed by atoms with E-state index in [1.54, 1.807) is 34.8 Å². The third-order valence-electron chi connectivity index (χ3n) is 5.38. The van der Waals surface area contributed by atoms with E-state index in [1.807, 2.05) is 19.9 Å². The molecule has 1 aromatic heterocycles. The molecule has 3 heterocycles. The quantitative estimate of drug-likeness (QED) is 0.724. The van der Waals surface area contributed by atoms with E-state index in [0.29, 0.717) is 11.5 Å². The zero-order valence-electron chi connectivity index (χ0n) is 17.1. The number of amides is 3. The van der Waals surface area contributed by atoms with Crippen LogP contribution in [-0.2, 0) is 11.3 Å². The van der Waals surface area contributed by atoms with Crippen LogP contribution in [0, 0.1) is 19.7 Å². The number of benzene rings is 1. The average molecular weight is 410 g/mol. The van der Waals surface area contributed by atoms with Crippen LogP contribution in [0.3, 0.4) is 0 Å². The number of fused-ring (bicyclic) bond motifs is 1. The maximum absolute atomic E-state index is 14.5.